The largest absolute Gasteiger partial charge is 0.506 e. The molecule has 0 spiro atoms. The van der Waals surface area contributed by atoms with Crippen LogP contribution in [0.2, 0.25) is 5.02 Å². The van der Waals surface area contributed by atoms with E-state index < -0.39 is 0 Å². The summed E-state index contributed by atoms with van der Waals surface area (Å²) in [6.07, 6.45) is 0. The Morgan fingerprint density at radius 3 is 2.47 bits per heavy atom. The van der Waals surface area contributed by atoms with E-state index in [4.69, 9.17) is 11.6 Å². The zero-order valence-corrected chi connectivity index (χ0v) is 14.5. The number of halogens is 4. The van der Waals surface area contributed by atoms with Crippen molar-refractivity contribution < 1.29 is 5.11 Å². The van der Waals surface area contributed by atoms with Crippen molar-refractivity contribution in [3.05, 3.63) is 27.2 Å². The predicted molar refractivity (Wildman–Crippen MR) is 88.2 cm³/mol. The molecule has 0 radical (unpaired) electrons. The summed E-state index contributed by atoms with van der Waals surface area (Å²) in [5.74, 6) is 0.292. The Balaban J connectivity index is 0.00000162. The van der Waals surface area contributed by atoms with Gasteiger partial charge in [0.05, 0.1) is 4.47 Å². The van der Waals surface area contributed by atoms with Gasteiger partial charge in [0.1, 0.15) is 5.75 Å². The van der Waals surface area contributed by atoms with Gasteiger partial charge in [-0.25, -0.2) is 0 Å². The fourth-order valence-electron chi connectivity index (χ4n) is 2.17. The van der Waals surface area contributed by atoms with Crippen molar-refractivity contribution in [2.24, 2.45) is 0 Å². The van der Waals surface area contributed by atoms with Gasteiger partial charge in [0.15, 0.2) is 0 Å². The normalized spacial score (nSPS) is 17.2. The lowest BCUT2D eigenvalue weighted by Crippen LogP contribution is -2.44. The predicted octanol–water partition coefficient (Wildman–Crippen LogP) is 3.62. The number of benzene rings is 1. The molecule has 2 rings (SSSR count). The topological polar surface area (TPSA) is 35.5 Å². The Labute approximate surface area is 139 Å². The number of hydrogen-bond acceptors (Lipinski definition) is 3. The lowest BCUT2D eigenvalue weighted by Gasteiger charge is -2.33. The molecular weight excluding hydrogens is 374 g/mol. The second-order valence-corrected chi connectivity index (χ2v) is 5.58. The molecule has 1 atom stereocenters. The van der Waals surface area contributed by atoms with Crippen LogP contribution in [0.15, 0.2) is 16.6 Å². The fourth-order valence-corrected chi connectivity index (χ4v) is 3.00. The van der Waals surface area contributed by atoms with Crippen LogP contribution in [-0.4, -0.2) is 36.2 Å². The van der Waals surface area contributed by atoms with Gasteiger partial charge in [-0.15, -0.1) is 24.8 Å². The highest BCUT2D eigenvalue weighted by atomic mass is 79.9. The average molecular weight is 393 g/mol. The first-order valence-electron chi connectivity index (χ1n) is 5.72. The molecule has 0 amide bonds. The van der Waals surface area contributed by atoms with Crippen LogP contribution in [0.25, 0.3) is 0 Å². The Kier molecular flexibility index (Phi) is 8.68. The van der Waals surface area contributed by atoms with E-state index in [2.05, 4.69) is 33.1 Å². The standard InChI is InChI=1S/C12H16BrClN2O.2ClH/c1-8(16-4-2-15-3-5-16)10-6-9(14)7-11(13)12(10)17;;/h6-8,15,17H,2-5H2,1H3;2*1H/t8-;;/m1../s1. The molecule has 7 heteroatoms. The maximum atomic E-state index is 10.1. The van der Waals surface area contributed by atoms with Gasteiger partial charge in [-0.3, -0.25) is 4.90 Å². The molecule has 0 aromatic heterocycles. The zero-order chi connectivity index (χ0) is 12.4. The SMILES string of the molecule is C[C@H](c1cc(Cl)cc(Br)c1O)N1CCNCC1.Cl.Cl. The van der Waals surface area contributed by atoms with E-state index in [0.717, 1.165) is 31.7 Å². The molecule has 1 heterocycles. The molecule has 2 N–H and O–H groups in total. The minimum atomic E-state index is 0. The van der Waals surface area contributed by atoms with Gasteiger partial charge in [0.2, 0.25) is 0 Å². The van der Waals surface area contributed by atoms with Gasteiger partial charge in [0.25, 0.3) is 0 Å². The summed E-state index contributed by atoms with van der Waals surface area (Å²) in [5.41, 5.74) is 0.881. The summed E-state index contributed by atoms with van der Waals surface area (Å²) in [5, 5.41) is 14.0. The van der Waals surface area contributed by atoms with Crippen molar-refractivity contribution >= 4 is 52.3 Å². The molecule has 1 aromatic rings. The third kappa shape index (κ3) is 4.66. The second-order valence-electron chi connectivity index (χ2n) is 4.29. The Morgan fingerprint density at radius 2 is 1.89 bits per heavy atom. The Bertz CT molecular complexity index is 414. The van der Waals surface area contributed by atoms with Gasteiger partial charge in [-0.2, -0.15) is 0 Å². The van der Waals surface area contributed by atoms with Crippen LogP contribution in [-0.2, 0) is 0 Å². The monoisotopic (exact) mass is 390 g/mol. The molecule has 0 aliphatic carbocycles. The molecule has 3 nitrogen and oxygen atoms in total. The number of nitrogens with zero attached hydrogens (tertiary/aromatic N) is 1. The number of aromatic hydroxyl groups is 1. The van der Waals surface area contributed by atoms with Crippen molar-refractivity contribution in [2.45, 2.75) is 13.0 Å². The maximum Gasteiger partial charge on any atom is 0.134 e. The molecule has 19 heavy (non-hydrogen) atoms. The second kappa shape index (κ2) is 8.55. The van der Waals surface area contributed by atoms with E-state index in [1.54, 1.807) is 6.07 Å². The number of phenolic OH excluding ortho intramolecular Hbond substituents is 1. The van der Waals surface area contributed by atoms with Crippen molar-refractivity contribution in [3.8, 4) is 5.75 Å². The first-order valence-corrected chi connectivity index (χ1v) is 6.89. The molecule has 1 aliphatic rings. The van der Waals surface area contributed by atoms with Gasteiger partial charge in [-0.1, -0.05) is 11.6 Å². The number of phenols is 1. The molecular formula is C12H18BrCl3N2O. The van der Waals surface area contributed by atoms with Crippen LogP contribution >= 0.6 is 52.3 Å². The highest BCUT2D eigenvalue weighted by Crippen LogP contribution is 2.37. The molecule has 1 aliphatic heterocycles. The highest BCUT2D eigenvalue weighted by molar-refractivity contribution is 9.10. The first kappa shape index (κ1) is 19.3. The molecule has 0 unspecified atom stereocenters. The average Bonchev–Trinajstić information content (AvgIpc) is 2.34. The Morgan fingerprint density at radius 1 is 1.32 bits per heavy atom. The van der Waals surface area contributed by atoms with E-state index in [-0.39, 0.29) is 30.9 Å². The smallest absolute Gasteiger partial charge is 0.134 e. The number of nitrogens with one attached hydrogen (secondary N) is 1. The molecule has 1 fully saturated rings. The molecule has 110 valence electrons. The minimum Gasteiger partial charge on any atom is -0.506 e. The van der Waals surface area contributed by atoms with Crippen LogP contribution in [0.4, 0.5) is 0 Å². The van der Waals surface area contributed by atoms with E-state index in [1.165, 1.54) is 0 Å². The van der Waals surface area contributed by atoms with Crippen LogP contribution in [0.5, 0.6) is 5.75 Å². The maximum absolute atomic E-state index is 10.1. The van der Waals surface area contributed by atoms with Crippen LogP contribution in [0.3, 0.4) is 0 Å². The van der Waals surface area contributed by atoms with Gasteiger partial charge >= 0.3 is 0 Å². The van der Waals surface area contributed by atoms with Gasteiger partial charge in [-0.05, 0) is 35.0 Å². The van der Waals surface area contributed by atoms with Gasteiger partial charge in [0, 0.05) is 42.8 Å². The molecule has 1 saturated heterocycles. The third-order valence-electron chi connectivity index (χ3n) is 3.21. The lowest BCUT2D eigenvalue weighted by molar-refractivity contribution is 0.183. The summed E-state index contributed by atoms with van der Waals surface area (Å²) in [4.78, 5) is 2.34. The number of piperazine rings is 1. The third-order valence-corrected chi connectivity index (χ3v) is 4.03. The summed E-state index contributed by atoms with van der Waals surface area (Å²) >= 11 is 9.36. The van der Waals surface area contributed by atoms with E-state index in [1.807, 2.05) is 6.07 Å². The van der Waals surface area contributed by atoms with Gasteiger partial charge < -0.3 is 10.4 Å². The number of hydrogen-bond donors (Lipinski definition) is 2. The summed E-state index contributed by atoms with van der Waals surface area (Å²) in [6, 6.07) is 3.73. The summed E-state index contributed by atoms with van der Waals surface area (Å²) in [7, 11) is 0. The zero-order valence-electron chi connectivity index (χ0n) is 10.5. The van der Waals surface area contributed by atoms with Crippen LogP contribution in [0.1, 0.15) is 18.5 Å². The van der Waals surface area contributed by atoms with Crippen molar-refractivity contribution in [1.82, 2.24) is 10.2 Å². The van der Waals surface area contributed by atoms with Crippen LogP contribution in [0, 0.1) is 0 Å². The first-order chi connectivity index (χ1) is 8.09. The lowest BCUT2D eigenvalue weighted by atomic mass is 10.1. The van der Waals surface area contributed by atoms with E-state index >= 15 is 0 Å². The highest BCUT2D eigenvalue weighted by Gasteiger charge is 2.21. The minimum absolute atomic E-state index is 0. The quantitative estimate of drug-likeness (QED) is 0.807. The molecule has 1 aromatic carbocycles. The summed E-state index contributed by atoms with van der Waals surface area (Å²) < 4.78 is 0.655. The van der Waals surface area contributed by atoms with Crippen molar-refractivity contribution in [3.63, 3.8) is 0 Å². The van der Waals surface area contributed by atoms with E-state index in [9.17, 15) is 5.11 Å². The van der Waals surface area contributed by atoms with Crippen molar-refractivity contribution in [1.29, 1.82) is 0 Å². The number of rotatable bonds is 2. The van der Waals surface area contributed by atoms with Crippen LogP contribution < -0.4 is 5.32 Å². The van der Waals surface area contributed by atoms with Crippen molar-refractivity contribution in [2.75, 3.05) is 26.2 Å². The summed E-state index contributed by atoms with van der Waals surface area (Å²) in [6.45, 7) is 6.07. The molecule has 0 bridgehead atoms. The Hall–Kier alpha value is 0.290. The fraction of sp³-hybridized carbons (Fsp3) is 0.500. The van der Waals surface area contributed by atoms with E-state index in [0.29, 0.717) is 15.2 Å². The molecule has 0 saturated carbocycles.